The highest BCUT2D eigenvalue weighted by atomic mass is 79.9. The quantitative estimate of drug-likeness (QED) is 0.630. The zero-order valence-corrected chi connectivity index (χ0v) is 18.1. The van der Waals surface area contributed by atoms with Crippen LogP contribution >= 0.6 is 27.3 Å². The van der Waals surface area contributed by atoms with Crippen LogP contribution in [0.15, 0.2) is 44.4 Å². The van der Waals surface area contributed by atoms with Gasteiger partial charge < -0.3 is 9.64 Å². The maximum absolute atomic E-state index is 12.5. The fourth-order valence-corrected chi connectivity index (χ4v) is 5.92. The Balaban J connectivity index is 1.69. The first-order chi connectivity index (χ1) is 13.4. The summed E-state index contributed by atoms with van der Waals surface area (Å²) in [5, 5.41) is 0. The molecule has 2 aromatic rings. The molecule has 10 heteroatoms. The third-order valence-electron chi connectivity index (χ3n) is 4.24. The Morgan fingerprint density at radius 1 is 1.11 bits per heavy atom. The lowest BCUT2D eigenvalue weighted by molar-refractivity contribution is -0.135. The predicted octanol–water partition coefficient (Wildman–Crippen LogP) is 3.48. The summed E-state index contributed by atoms with van der Waals surface area (Å²) >= 11 is 4.29. The lowest BCUT2D eigenvalue weighted by atomic mass is 10.1. The molecule has 1 fully saturated rings. The second kappa shape index (κ2) is 9.06. The molecule has 150 valence electrons. The molecule has 0 radical (unpaired) electrons. The molecule has 0 unspecified atom stereocenters. The number of hydrogen-bond acceptors (Lipinski definition) is 6. The van der Waals surface area contributed by atoms with Gasteiger partial charge in [0.15, 0.2) is 6.61 Å². The summed E-state index contributed by atoms with van der Waals surface area (Å²) in [7, 11) is -3.84. The number of likely N-dealkylation sites (tertiary alicyclic amines) is 1. The van der Waals surface area contributed by atoms with E-state index in [-0.39, 0.29) is 28.0 Å². The number of amides is 1. The van der Waals surface area contributed by atoms with Gasteiger partial charge in [0.1, 0.15) is 4.21 Å². The molecule has 0 spiro atoms. The Bertz CT molecular complexity index is 968. The third-order valence-corrected chi connectivity index (χ3v) is 7.72. The second-order valence-corrected chi connectivity index (χ2v) is 10.6. The lowest BCUT2D eigenvalue weighted by Gasteiger charge is -2.26. The molecule has 0 saturated carbocycles. The first kappa shape index (κ1) is 20.8. The van der Waals surface area contributed by atoms with Gasteiger partial charge in [-0.05, 0) is 59.5 Å². The summed E-state index contributed by atoms with van der Waals surface area (Å²) in [4.78, 5) is 26.3. The molecular weight excluding hydrogens is 468 g/mol. The van der Waals surface area contributed by atoms with E-state index in [0.717, 1.165) is 30.6 Å². The van der Waals surface area contributed by atoms with E-state index in [1.54, 1.807) is 23.1 Å². The number of sulfonamides is 1. The Hall–Kier alpha value is -1.91. The number of carbonyl (C=O) groups is 2. The van der Waals surface area contributed by atoms with Gasteiger partial charge in [0.25, 0.3) is 15.9 Å². The summed E-state index contributed by atoms with van der Waals surface area (Å²) in [6.45, 7) is 0.976. The van der Waals surface area contributed by atoms with E-state index in [1.807, 2.05) is 0 Å². The van der Waals surface area contributed by atoms with E-state index in [1.165, 1.54) is 18.2 Å². The number of para-hydroxylation sites is 1. The van der Waals surface area contributed by atoms with Crippen LogP contribution in [0, 0.1) is 0 Å². The highest BCUT2D eigenvalue weighted by molar-refractivity contribution is 9.11. The molecule has 0 atom stereocenters. The van der Waals surface area contributed by atoms with Crippen LogP contribution in [-0.2, 0) is 19.6 Å². The van der Waals surface area contributed by atoms with Crippen molar-refractivity contribution >= 4 is 54.9 Å². The van der Waals surface area contributed by atoms with Crippen molar-refractivity contribution in [3.05, 3.63) is 45.7 Å². The number of piperidine rings is 1. The molecule has 2 heterocycles. The van der Waals surface area contributed by atoms with Crippen molar-refractivity contribution in [3.63, 3.8) is 0 Å². The number of anilines is 1. The number of hydrogen-bond donors (Lipinski definition) is 1. The largest absolute Gasteiger partial charge is 0.452 e. The summed E-state index contributed by atoms with van der Waals surface area (Å²) in [6, 6.07) is 9.24. The first-order valence-corrected chi connectivity index (χ1v) is 11.8. The highest BCUT2D eigenvalue weighted by Crippen LogP contribution is 2.28. The van der Waals surface area contributed by atoms with Gasteiger partial charge in [0.2, 0.25) is 0 Å². The SMILES string of the molecule is O=C(OCC(=O)N1CCCCC1)c1ccccc1NS(=O)(=O)c1ccc(Br)s1. The zero-order chi connectivity index (χ0) is 20.1. The van der Waals surface area contributed by atoms with E-state index in [0.29, 0.717) is 16.9 Å². The molecule has 28 heavy (non-hydrogen) atoms. The molecule has 0 bridgehead atoms. The standard InChI is InChI=1S/C18H19BrN2O5S2/c19-15-8-9-17(27-15)28(24,25)20-14-7-3-2-6-13(14)18(23)26-12-16(22)21-10-4-1-5-11-21/h2-3,6-9,20H,1,4-5,10-12H2. The minimum Gasteiger partial charge on any atom is -0.452 e. The summed E-state index contributed by atoms with van der Waals surface area (Å²) in [5.41, 5.74) is 0.149. The van der Waals surface area contributed by atoms with Crippen LogP contribution in [0.2, 0.25) is 0 Å². The Morgan fingerprint density at radius 3 is 2.50 bits per heavy atom. The van der Waals surface area contributed by atoms with Crippen molar-refractivity contribution in [3.8, 4) is 0 Å². The fraction of sp³-hybridized carbons (Fsp3) is 0.333. The van der Waals surface area contributed by atoms with E-state index >= 15 is 0 Å². The number of halogens is 1. The van der Waals surface area contributed by atoms with Crippen LogP contribution in [-0.4, -0.2) is 44.9 Å². The third kappa shape index (κ3) is 5.12. The van der Waals surface area contributed by atoms with Crippen molar-refractivity contribution in [2.45, 2.75) is 23.5 Å². The molecule has 1 saturated heterocycles. The fourth-order valence-electron chi connectivity index (χ4n) is 2.83. The van der Waals surface area contributed by atoms with Crippen molar-refractivity contribution < 1.29 is 22.7 Å². The van der Waals surface area contributed by atoms with E-state index < -0.39 is 16.0 Å². The second-order valence-electron chi connectivity index (χ2n) is 6.23. The number of esters is 1. The molecule has 7 nitrogen and oxygen atoms in total. The van der Waals surface area contributed by atoms with Crippen LogP contribution in [0.4, 0.5) is 5.69 Å². The van der Waals surface area contributed by atoms with Crippen LogP contribution in [0.1, 0.15) is 29.6 Å². The zero-order valence-electron chi connectivity index (χ0n) is 14.9. The smallest absolute Gasteiger partial charge is 0.340 e. The average molecular weight is 487 g/mol. The van der Waals surface area contributed by atoms with Gasteiger partial charge in [-0.15, -0.1) is 11.3 Å². The van der Waals surface area contributed by atoms with Crippen molar-refractivity contribution in [2.24, 2.45) is 0 Å². The predicted molar refractivity (Wildman–Crippen MR) is 110 cm³/mol. The van der Waals surface area contributed by atoms with Gasteiger partial charge in [0, 0.05) is 13.1 Å². The molecular formula is C18H19BrN2O5S2. The van der Waals surface area contributed by atoms with Crippen molar-refractivity contribution in [1.82, 2.24) is 4.90 Å². The number of benzene rings is 1. The Kier molecular flexibility index (Phi) is 6.73. The molecule has 1 aliphatic rings. The van der Waals surface area contributed by atoms with E-state index in [9.17, 15) is 18.0 Å². The van der Waals surface area contributed by atoms with Gasteiger partial charge in [0.05, 0.1) is 15.0 Å². The topological polar surface area (TPSA) is 92.8 Å². The number of thiophene rings is 1. The van der Waals surface area contributed by atoms with Crippen LogP contribution in [0.3, 0.4) is 0 Å². The van der Waals surface area contributed by atoms with E-state index in [2.05, 4.69) is 20.7 Å². The number of ether oxygens (including phenoxy) is 1. The average Bonchev–Trinajstić information content (AvgIpc) is 3.14. The molecule has 1 amide bonds. The van der Waals surface area contributed by atoms with E-state index in [4.69, 9.17) is 4.74 Å². The molecule has 1 aliphatic heterocycles. The Morgan fingerprint density at radius 2 is 1.82 bits per heavy atom. The van der Waals surface area contributed by atoms with Crippen molar-refractivity contribution in [2.75, 3.05) is 24.4 Å². The maximum atomic E-state index is 12.5. The number of nitrogens with zero attached hydrogens (tertiary/aromatic N) is 1. The van der Waals surface area contributed by atoms with Crippen LogP contribution in [0.25, 0.3) is 0 Å². The Labute approximate surface area is 175 Å². The highest BCUT2D eigenvalue weighted by Gasteiger charge is 2.22. The minimum atomic E-state index is -3.84. The van der Waals surface area contributed by atoms with Gasteiger partial charge in [-0.1, -0.05) is 12.1 Å². The number of nitrogens with one attached hydrogen (secondary N) is 1. The number of rotatable bonds is 6. The minimum absolute atomic E-state index is 0.0492. The number of carbonyl (C=O) groups excluding carboxylic acids is 2. The van der Waals surface area contributed by atoms with Gasteiger partial charge in [-0.3, -0.25) is 9.52 Å². The lowest BCUT2D eigenvalue weighted by Crippen LogP contribution is -2.38. The molecule has 0 aliphatic carbocycles. The monoisotopic (exact) mass is 486 g/mol. The molecule has 1 aromatic carbocycles. The van der Waals surface area contributed by atoms with Crippen LogP contribution < -0.4 is 4.72 Å². The van der Waals surface area contributed by atoms with Gasteiger partial charge >= 0.3 is 5.97 Å². The summed E-state index contributed by atoms with van der Waals surface area (Å²) in [5.74, 6) is -0.995. The van der Waals surface area contributed by atoms with Gasteiger partial charge in [-0.25, -0.2) is 13.2 Å². The summed E-state index contributed by atoms with van der Waals surface area (Å²) < 4.78 is 33.4. The molecule has 3 rings (SSSR count). The van der Waals surface area contributed by atoms with Crippen molar-refractivity contribution in [1.29, 1.82) is 0 Å². The first-order valence-electron chi connectivity index (χ1n) is 8.69. The normalized spacial score (nSPS) is 14.5. The summed E-state index contributed by atoms with van der Waals surface area (Å²) in [6.07, 6.45) is 2.99. The van der Waals surface area contributed by atoms with Gasteiger partial charge in [-0.2, -0.15) is 0 Å². The van der Waals surface area contributed by atoms with Crippen LogP contribution in [0.5, 0.6) is 0 Å². The molecule has 1 N–H and O–H groups in total. The molecule has 1 aromatic heterocycles. The maximum Gasteiger partial charge on any atom is 0.340 e.